The Morgan fingerprint density at radius 1 is 1.57 bits per heavy atom. The molecule has 1 aliphatic heterocycles. The maximum Gasteiger partial charge on any atom is 0.147 e. The molecule has 0 radical (unpaired) electrons. The Balaban J connectivity index is 2.28. The number of halogens is 1. The van der Waals surface area contributed by atoms with Crippen LogP contribution in [0.5, 0.6) is 0 Å². The monoisotopic (exact) mass is 207 g/mol. The molecule has 1 atom stereocenters. The van der Waals surface area contributed by atoms with Gasteiger partial charge in [0.1, 0.15) is 11.2 Å². The van der Waals surface area contributed by atoms with Crippen LogP contribution in [0.1, 0.15) is 30.1 Å². The van der Waals surface area contributed by atoms with Gasteiger partial charge in [0.25, 0.3) is 0 Å². The minimum atomic E-state index is 0.304. The van der Waals surface area contributed by atoms with Crippen LogP contribution in [0.25, 0.3) is 0 Å². The first-order chi connectivity index (χ1) is 6.81. The molecule has 14 heavy (non-hydrogen) atoms. The second-order valence-electron chi connectivity index (χ2n) is 3.34. The third kappa shape index (κ3) is 1.72. The van der Waals surface area contributed by atoms with E-state index < -0.39 is 0 Å². The van der Waals surface area contributed by atoms with Crippen LogP contribution in [0.15, 0.2) is 12.1 Å². The SMILES string of the molecule is N#Cc1ccc(C2CCCN2)nc1Cl. The summed E-state index contributed by atoms with van der Waals surface area (Å²) in [5, 5.41) is 12.3. The first-order valence-corrected chi connectivity index (χ1v) is 4.99. The third-order valence-corrected chi connectivity index (χ3v) is 2.70. The summed E-state index contributed by atoms with van der Waals surface area (Å²) in [6.45, 7) is 1.03. The van der Waals surface area contributed by atoms with Crippen LogP contribution < -0.4 is 5.32 Å². The van der Waals surface area contributed by atoms with Gasteiger partial charge in [0.15, 0.2) is 0 Å². The lowest BCUT2D eigenvalue weighted by atomic mass is 10.1. The average molecular weight is 208 g/mol. The third-order valence-electron chi connectivity index (χ3n) is 2.41. The lowest BCUT2D eigenvalue weighted by molar-refractivity contribution is 0.628. The Labute approximate surface area is 87.7 Å². The Morgan fingerprint density at radius 3 is 3.00 bits per heavy atom. The number of nitriles is 1. The topological polar surface area (TPSA) is 48.7 Å². The zero-order valence-electron chi connectivity index (χ0n) is 7.63. The fourth-order valence-corrected chi connectivity index (χ4v) is 1.87. The molecular formula is C10H10ClN3. The van der Waals surface area contributed by atoms with Gasteiger partial charge < -0.3 is 5.32 Å². The molecular weight excluding hydrogens is 198 g/mol. The van der Waals surface area contributed by atoms with E-state index in [2.05, 4.69) is 10.3 Å². The van der Waals surface area contributed by atoms with E-state index in [0.29, 0.717) is 16.8 Å². The second kappa shape index (κ2) is 3.95. The first kappa shape index (κ1) is 9.45. The Morgan fingerprint density at radius 2 is 2.43 bits per heavy atom. The van der Waals surface area contributed by atoms with Crippen LogP contribution >= 0.6 is 11.6 Å². The summed E-state index contributed by atoms with van der Waals surface area (Å²) < 4.78 is 0. The van der Waals surface area contributed by atoms with E-state index in [-0.39, 0.29) is 0 Å². The average Bonchev–Trinajstić information content (AvgIpc) is 2.70. The highest BCUT2D eigenvalue weighted by atomic mass is 35.5. The maximum absolute atomic E-state index is 8.68. The molecule has 1 aromatic rings. The number of aromatic nitrogens is 1. The molecule has 72 valence electrons. The van der Waals surface area contributed by atoms with Crippen LogP contribution in [0.2, 0.25) is 5.15 Å². The van der Waals surface area contributed by atoms with Crippen LogP contribution in [-0.4, -0.2) is 11.5 Å². The van der Waals surface area contributed by atoms with Gasteiger partial charge in [-0.25, -0.2) is 4.98 Å². The fourth-order valence-electron chi connectivity index (χ4n) is 1.66. The number of nitrogens with zero attached hydrogens (tertiary/aromatic N) is 2. The van der Waals surface area contributed by atoms with E-state index in [1.807, 2.05) is 12.1 Å². The van der Waals surface area contributed by atoms with Crippen LogP contribution in [0.3, 0.4) is 0 Å². The summed E-state index contributed by atoms with van der Waals surface area (Å²) in [6.07, 6.45) is 2.26. The molecule has 1 N–H and O–H groups in total. The summed E-state index contributed by atoms with van der Waals surface area (Å²) >= 11 is 5.85. The van der Waals surface area contributed by atoms with E-state index in [9.17, 15) is 0 Å². The van der Waals surface area contributed by atoms with Crippen molar-refractivity contribution in [2.24, 2.45) is 0 Å². The van der Waals surface area contributed by atoms with Gasteiger partial charge in [-0.3, -0.25) is 0 Å². The molecule has 0 aliphatic carbocycles. The van der Waals surface area contributed by atoms with Crippen molar-refractivity contribution in [1.82, 2.24) is 10.3 Å². The molecule has 3 nitrogen and oxygen atoms in total. The van der Waals surface area contributed by atoms with Crippen molar-refractivity contribution in [3.63, 3.8) is 0 Å². The summed E-state index contributed by atoms with van der Waals surface area (Å²) in [5.41, 5.74) is 1.37. The van der Waals surface area contributed by atoms with Crippen molar-refractivity contribution in [2.75, 3.05) is 6.54 Å². The van der Waals surface area contributed by atoms with Crippen molar-refractivity contribution in [3.8, 4) is 6.07 Å². The molecule has 2 heterocycles. The molecule has 4 heteroatoms. The van der Waals surface area contributed by atoms with Gasteiger partial charge in [-0.1, -0.05) is 11.6 Å². The van der Waals surface area contributed by atoms with Gasteiger partial charge in [-0.15, -0.1) is 0 Å². The summed E-state index contributed by atoms with van der Waals surface area (Å²) in [5.74, 6) is 0. The maximum atomic E-state index is 8.68. The molecule has 0 aromatic carbocycles. The molecule has 0 spiro atoms. The van der Waals surface area contributed by atoms with Crippen LogP contribution in [0, 0.1) is 11.3 Å². The second-order valence-corrected chi connectivity index (χ2v) is 3.69. The molecule has 1 aromatic heterocycles. The minimum absolute atomic E-state index is 0.304. The lowest BCUT2D eigenvalue weighted by Gasteiger charge is -2.09. The smallest absolute Gasteiger partial charge is 0.147 e. The van der Waals surface area contributed by atoms with Crippen molar-refractivity contribution in [3.05, 3.63) is 28.5 Å². The molecule has 1 saturated heterocycles. The standard InChI is InChI=1S/C10H10ClN3/c11-10-7(6-12)3-4-9(14-10)8-2-1-5-13-8/h3-4,8,13H,1-2,5H2. The molecule has 1 fully saturated rings. The Hall–Kier alpha value is -1.11. The van der Waals surface area contributed by atoms with Crippen LogP contribution in [0.4, 0.5) is 0 Å². The van der Waals surface area contributed by atoms with Gasteiger partial charge >= 0.3 is 0 Å². The molecule has 0 bridgehead atoms. The number of rotatable bonds is 1. The number of nitrogens with one attached hydrogen (secondary N) is 1. The summed E-state index contributed by atoms with van der Waals surface area (Å²) in [7, 11) is 0. The first-order valence-electron chi connectivity index (χ1n) is 4.61. The molecule has 2 rings (SSSR count). The predicted molar refractivity (Wildman–Crippen MR) is 53.9 cm³/mol. The van der Waals surface area contributed by atoms with E-state index >= 15 is 0 Å². The van der Waals surface area contributed by atoms with Crippen molar-refractivity contribution < 1.29 is 0 Å². The largest absolute Gasteiger partial charge is 0.309 e. The van der Waals surface area contributed by atoms with Crippen molar-refractivity contribution in [1.29, 1.82) is 5.26 Å². The number of hydrogen-bond acceptors (Lipinski definition) is 3. The van der Waals surface area contributed by atoms with E-state index in [1.165, 1.54) is 6.42 Å². The van der Waals surface area contributed by atoms with Gasteiger partial charge in [-0.2, -0.15) is 5.26 Å². The zero-order valence-corrected chi connectivity index (χ0v) is 8.38. The fraction of sp³-hybridized carbons (Fsp3) is 0.400. The van der Waals surface area contributed by atoms with E-state index in [1.54, 1.807) is 6.07 Å². The van der Waals surface area contributed by atoms with Crippen molar-refractivity contribution >= 4 is 11.6 Å². The van der Waals surface area contributed by atoms with Gasteiger partial charge in [-0.05, 0) is 31.5 Å². The number of pyridine rings is 1. The predicted octanol–water partition coefficient (Wildman–Crippen LogP) is 2.03. The van der Waals surface area contributed by atoms with Crippen LogP contribution in [-0.2, 0) is 0 Å². The highest BCUT2D eigenvalue weighted by Gasteiger charge is 2.18. The Kier molecular flexibility index (Phi) is 2.67. The summed E-state index contributed by atoms with van der Waals surface area (Å²) in [6, 6.07) is 5.90. The quantitative estimate of drug-likeness (QED) is 0.717. The lowest BCUT2D eigenvalue weighted by Crippen LogP contribution is -2.14. The highest BCUT2D eigenvalue weighted by molar-refractivity contribution is 6.30. The summed E-state index contributed by atoms with van der Waals surface area (Å²) in [4.78, 5) is 4.21. The Bertz CT molecular complexity index is 377. The van der Waals surface area contributed by atoms with Crippen molar-refractivity contribution in [2.45, 2.75) is 18.9 Å². The molecule has 1 aliphatic rings. The minimum Gasteiger partial charge on any atom is -0.309 e. The molecule has 0 saturated carbocycles. The normalized spacial score (nSPS) is 20.7. The van der Waals surface area contributed by atoms with Gasteiger partial charge in [0.05, 0.1) is 11.3 Å². The van der Waals surface area contributed by atoms with E-state index in [4.69, 9.17) is 16.9 Å². The van der Waals surface area contributed by atoms with Gasteiger partial charge in [0.2, 0.25) is 0 Å². The number of hydrogen-bond donors (Lipinski definition) is 1. The molecule has 0 amide bonds. The zero-order chi connectivity index (χ0) is 9.97. The van der Waals surface area contributed by atoms with Gasteiger partial charge in [0, 0.05) is 6.04 Å². The molecule has 1 unspecified atom stereocenters. The van der Waals surface area contributed by atoms with E-state index in [0.717, 1.165) is 18.7 Å². The highest BCUT2D eigenvalue weighted by Crippen LogP contribution is 2.23.